The van der Waals surface area contributed by atoms with Gasteiger partial charge in [0, 0.05) is 13.1 Å². The van der Waals surface area contributed by atoms with Gasteiger partial charge < -0.3 is 10.2 Å². The lowest BCUT2D eigenvalue weighted by molar-refractivity contribution is -0.166. The predicted molar refractivity (Wildman–Crippen MR) is 85.1 cm³/mol. The molecule has 2 rings (SSSR count). The Morgan fingerprint density at radius 1 is 1.00 bits per heavy atom. The lowest BCUT2D eigenvalue weighted by Crippen LogP contribution is -2.49. The van der Waals surface area contributed by atoms with E-state index in [-0.39, 0.29) is 0 Å². The molecule has 0 aromatic rings. The van der Waals surface area contributed by atoms with Crippen LogP contribution in [0.15, 0.2) is 12.2 Å². The van der Waals surface area contributed by atoms with Gasteiger partial charge in [0.15, 0.2) is 0 Å². The third-order valence-corrected chi connectivity index (χ3v) is 4.84. The maximum atomic E-state index is 11.3. The van der Waals surface area contributed by atoms with Crippen LogP contribution in [0.1, 0.15) is 47.0 Å². The Balaban J connectivity index is 0.000000313. The van der Waals surface area contributed by atoms with Gasteiger partial charge in [-0.2, -0.15) is 5.06 Å². The Hall–Kier alpha value is -1.40. The first kappa shape index (κ1) is 19.6. The van der Waals surface area contributed by atoms with Gasteiger partial charge in [-0.1, -0.05) is 46.3 Å². The van der Waals surface area contributed by atoms with Crippen LogP contribution in [0.2, 0.25) is 0 Å². The molecule has 23 heavy (non-hydrogen) atoms. The molecule has 0 aromatic heterocycles. The van der Waals surface area contributed by atoms with Crippen molar-refractivity contribution >= 4 is 11.9 Å². The van der Waals surface area contributed by atoms with Crippen molar-refractivity contribution < 1.29 is 25.0 Å². The molecular formula is C17H28NO5. The largest absolute Gasteiger partial charge is 0.481 e. The average Bonchev–Trinajstić information content (AvgIpc) is 2.37. The van der Waals surface area contributed by atoms with Crippen LogP contribution >= 0.6 is 0 Å². The number of hydrogen-bond donors (Lipinski definition) is 2. The zero-order valence-electron chi connectivity index (χ0n) is 14.4. The van der Waals surface area contributed by atoms with Gasteiger partial charge in [-0.15, -0.1) is 5.21 Å². The Morgan fingerprint density at radius 3 is 1.87 bits per heavy atom. The van der Waals surface area contributed by atoms with Crippen LogP contribution in [0.5, 0.6) is 0 Å². The van der Waals surface area contributed by atoms with E-state index in [1.165, 1.54) is 6.42 Å². The first-order valence-electron chi connectivity index (χ1n) is 8.07. The molecule has 2 unspecified atom stereocenters. The van der Waals surface area contributed by atoms with Gasteiger partial charge in [-0.25, -0.2) is 0 Å². The second-order valence-electron chi connectivity index (χ2n) is 7.58. The second kappa shape index (κ2) is 7.45. The number of hydrogen-bond acceptors (Lipinski definition) is 3. The van der Waals surface area contributed by atoms with Gasteiger partial charge in [0.25, 0.3) is 0 Å². The van der Waals surface area contributed by atoms with Crippen molar-refractivity contribution in [2.75, 3.05) is 13.1 Å². The van der Waals surface area contributed by atoms with Crippen molar-refractivity contribution in [1.82, 2.24) is 5.06 Å². The predicted octanol–water partition coefficient (Wildman–Crippen LogP) is 2.83. The molecule has 1 fully saturated rings. The fourth-order valence-electron chi connectivity index (χ4n) is 3.73. The Bertz CT molecular complexity index is 464. The highest BCUT2D eigenvalue weighted by molar-refractivity contribution is 5.78. The van der Waals surface area contributed by atoms with Gasteiger partial charge in [-0.3, -0.25) is 9.59 Å². The highest BCUT2D eigenvalue weighted by Gasteiger charge is 2.52. The van der Waals surface area contributed by atoms with E-state index in [0.717, 1.165) is 31.0 Å². The smallest absolute Gasteiger partial charge is 0.310 e. The van der Waals surface area contributed by atoms with Crippen molar-refractivity contribution in [1.29, 1.82) is 0 Å². The van der Waals surface area contributed by atoms with Crippen LogP contribution in [-0.4, -0.2) is 40.3 Å². The van der Waals surface area contributed by atoms with Crippen LogP contribution in [0.25, 0.3) is 0 Å². The molecule has 0 bridgehead atoms. The number of nitrogens with zero attached hydrogens (tertiary/aromatic N) is 1. The summed E-state index contributed by atoms with van der Waals surface area (Å²) in [5.74, 6) is -3.36. The van der Waals surface area contributed by atoms with E-state index in [2.05, 4.69) is 0 Å². The summed E-state index contributed by atoms with van der Waals surface area (Å²) in [6.07, 6.45) is 6.77. The summed E-state index contributed by atoms with van der Waals surface area (Å²) in [4.78, 5) is 22.4. The first-order chi connectivity index (χ1) is 10.5. The lowest BCUT2D eigenvalue weighted by atomic mass is 9.56. The fraction of sp³-hybridized carbons (Fsp3) is 0.765. The molecule has 2 N–H and O–H groups in total. The molecule has 2 atom stereocenters. The van der Waals surface area contributed by atoms with Crippen molar-refractivity contribution in [3.8, 4) is 0 Å². The Kier molecular flexibility index (Phi) is 6.36. The summed E-state index contributed by atoms with van der Waals surface area (Å²) in [5.41, 5.74) is -1.32. The van der Waals surface area contributed by atoms with E-state index >= 15 is 0 Å². The van der Waals surface area contributed by atoms with Crippen LogP contribution < -0.4 is 0 Å². The van der Waals surface area contributed by atoms with E-state index in [4.69, 9.17) is 5.11 Å². The fourth-order valence-corrected chi connectivity index (χ4v) is 3.73. The standard InChI is InChI=1S/C12H18O4.C5H10NO/c1-11(2)6-5-7(9(13)14)12(3,4)8(11)10(15)16;7-6-4-2-1-3-5-6/h5-8H,1-4H3,(H,13,14)(H,15,16);1-5H2. The van der Waals surface area contributed by atoms with Gasteiger partial charge >= 0.3 is 11.9 Å². The first-order valence-corrected chi connectivity index (χ1v) is 8.07. The van der Waals surface area contributed by atoms with Crippen molar-refractivity contribution in [3.63, 3.8) is 0 Å². The van der Waals surface area contributed by atoms with Crippen LogP contribution in [0.3, 0.4) is 0 Å². The highest BCUT2D eigenvalue weighted by Crippen LogP contribution is 2.50. The summed E-state index contributed by atoms with van der Waals surface area (Å²) in [6, 6.07) is 0. The number of rotatable bonds is 2. The SMILES string of the molecule is CC1(C)C=CC(C(=O)O)C(C)(C)C1C(=O)O.[O]N1CCCCC1. The summed E-state index contributed by atoms with van der Waals surface area (Å²) in [7, 11) is 0. The summed E-state index contributed by atoms with van der Waals surface area (Å²) in [5, 5.41) is 29.9. The maximum Gasteiger partial charge on any atom is 0.310 e. The Morgan fingerprint density at radius 2 is 1.52 bits per heavy atom. The number of allylic oxidation sites excluding steroid dienone is 1. The zero-order valence-corrected chi connectivity index (χ0v) is 14.4. The van der Waals surface area contributed by atoms with E-state index in [9.17, 15) is 19.9 Å². The lowest BCUT2D eigenvalue weighted by Gasteiger charge is -2.46. The summed E-state index contributed by atoms with van der Waals surface area (Å²) < 4.78 is 0. The van der Waals surface area contributed by atoms with Gasteiger partial charge in [0.05, 0.1) is 11.8 Å². The quantitative estimate of drug-likeness (QED) is 0.760. The second-order valence-corrected chi connectivity index (χ2v) is 7.58. The average molecular weight is 326 g/mol. The van der Waals surface area contributed by atoms with Crippen molar-refractivity contribution in [2.24, 2.45) is 22.7 Å². The molecule has 1 saturated heterocycles. The molecule has 1 aliphatic heterocycles. The number of piperidine rings is 1. The van der Waals surface area contributed by atoms with E-state index in [1.54, 1.807) is 26.0 Å². The molecule has 0 saturated carbocycles. The third kappa shape index (κ3) is 4.78. The normalized spacial score (nSPS) is 29.3. The van der Waals surface area contributed by atoms with E-state index in [0.29, 0.717) is 0 Å². The highest BCUT2D eigenvalue weighted by atomic mass is 16.5. The number of hydroxylamine groups is 2. The number of carbonyl (C=O) groups is 2. The van der Waals surface area contributed by atoms with E-state index in [1.807, 2.05) is 13.8 Å². The molecule has 0 aromatic carbocycles. The molecule has 1 radical (unpaired) electrons. The molecule has 0 amide bonds. The molecule has 1 heterocycles. The van der Waals surface area contributed by atoms with Gasteiger partial charge in [0.1, 0.15) is 0 Å². The topological polar surface area (TPSA) is 97.7 Å². The van der Waals surface area contributed by atoms with Crippen molar-refractivity contribution in [3.05, 3.63) is 12.2 Å². The van der Waals surface area contributed by atoms with Crippen LogP contribution in [0.4, 0.5) is 0 Å². The molecule has 131 valence electrons. The van der Waals surface area contributed by atoms with Crippen LogP contribution in [-0.2, 0) is 14.8 Å². The van der Waals surface area contributed by atoms with Crippen LogP contribution in [0, 0.1) is 22.7 Å². The minimum atomic E-state index is -0.969. The molecule has 6 heteroatoms. The number of aliphatic carboxylic acids is 2. The minimum Gasteiger partial charge on any atom is -0.481 e. The summed E-state index contributed by atoms with van der Waals surface area (Å²) in [6.45, 7) is 8.58. The number of carboxylic acids is 2. The molecule has 0 spiro atoms. The molecular weight excluding hydrogens is 298 g/mol. The minimum absolute atomic E-state index is 0.527. The number of carboxylic acid groups (broad SMARTS) is 2. The van der Waals surface area contributed by atoms with Crippen molar-refractivity contribution in [2.45, 2.75) is 47.0 Å². The molecule has 6 nitrogen and oxygen atoms in total. The van der Waals surface area contributed by atoms with Gasteiger partial charge in [0.2, 0.25) is 0 Å². The maximum absolute atomic E-state index is 11.3. The third-order valence-electron chi connectivity index (χ3n) is 4.84. The van der Waals surface area contributed by atoms with E-state index < -0.39 is 34.6 Å². The van der Waals surface area contributed by atoms with Gasteiger partial charge in [-0.05, 0) is 23.7 Å². The monoisotopic (exact) mass is 326 g/mol. The molecule has 1 aliphatic carbocycles. The molecule has 2 aliphatic rings. The summed E-state index contributed by atoms with van der Waals surface area (Å²) >= 11 is 0. The Labute approximate surface area is 137 Å². The zero-order chi connectivity index (χ0) is 17.8.